The lowest BCUT2D eigenvalue weighted by Gasteiger charge is -2.39. The van der Waals surface area contributed by atoms with Crippen molar-refractivity contribution in [3.05, 3.63) is 30.5 Å². The highest BCUT2D eigenvalue weighted by Crippen LogP contribution is 2.40. The van der Waals surface area contributed by atoms with Crippen molar-refractivity contribution in [3.8, 4) is 0 Å². The molecule has 3 heterocycles. The topological polar surface area (TPSA) is 77.7 Å². The lowest BCUT2D eigenvalue weighted by Crippen LogP contribution is -2.51. The summed E-state index contributed by atoms with van der Waals surface area (Å²) in [7, 11) is 1.65. The summed E-state index contributed by atoms with van der Waals surface area (Å²) < 4.78 is 5.13. The van der Waals surface area contributed by atoms with E-state index in [-0.39, 0.29) is 11.9 Å². The van der Waals surface area contributed by atoms with E-state index in [2.05, 4.69) is 10.3 Å². The van der Waals surface area contributed by atoms with E-state index in [1.807, 2.05) is 35.4 Å². The first-order valence-corrected chi connectivity index (χ1v) is 9.53. The number of anilines is 1. The Balaban J connectivity index is 1.44. The molecule has 1 aromatic heterocycles. The molecule has 0 aliphatic carbocycles. The summed E-state index contributed by atoms with van der Waals surface area (Å²) in [4.78, 5) is 32.7. The van der Waals surface area contributed by atoms with Crippen molar-refractivity contribution in [1.29, 1.82) is 0 Å². The van der Waals surface area contributed by atoms with Crippen LogP contribution in [0, 0.1) is 5.41 Å². The first-order chi connectivity index (χ1) is 13.1. The van der Waals surface area contributed by atoms with Gasteiger partial charge in [-0.05, 0) is 25.3 Å². The standard InChI is InChI=1S/C20H26N4O3/c1-27-12-11-23-9-4-7-20(18(23)25)8-10-24(14-20)19(26)22-17-13-21-16-6-3-2-5-15(16)17/h2-3,5-6,13,21H,4,7-12,14H2,1H3,(H,22,26)/t20-/m0/s1. The van der Waals surface area contributed by atoms with E-state index in [9.17, 15) is 9.59 Å². The van der Waals surface area contributed by atoms with Gasteiger partial charge in [0.2, 0.25) is 5.91 Å². The maximum Gasteiger partial charge on any atom is 0.321 e. The third-order valence-corrected chi connectivity index (χ3v) is 5.86. The van der Waals surface area contributed by atoms with Crippen LogP contribution in [0.4, 0.5) is 10.5 Å². The SMILES string of the molecule is COCCN1CCC[C@@]2(CCN(C(=O)Nc3c[nH]c4ccccc34)C2)C1=O. The molecule has 2 fully saturated rings. The fraction of sp³-hybridized carbons (Fsp3) is 0.500. The number of nitrogens with one attached hydrogen (secondary N) is 2. The molecule has 2 saturated heterocycles. The Morgan fingerprint density at radius 3 is 3.00 bits per heavy atom. The summed E-state index contributed by atoms with van der Waals surface area (Å²) >= 11 is 0. The zero-order valence-corrected chi connectivity index (χ0v) is 15.7. The van der Waals surface area contributed by atoms with Gasteiger partial charge < -0.3 is 24.8 Å². The van der Waals surface area contributed by atoms with Crippen molar-refractivity contribution < 1.29 is 14.3 Å². The number of aromatic nitrogens is 1. The number of amides is 3. The van der Waals surface area contributed by atoms with E-state index in [0.29, 0.717) is 26.2 Å². The molecule has 1 spiro atoms. The van der Waals surface area contributed by atoms with Crippen molar-refractivity contribution in [3.63, 3.8) is 0 Å². The number of carbonyl (C=O) groups excluding carboxylic acids is 2. The molecule has 0 radical (unpaired) electrons. The molecule has 1 aromatic carbocycles. The third kappa shape index (κ3) is 3.27. The van der Waals surface area contributed by atoms with Crippen LogP contribution in [0.3, 0.4) is 0 Å². The number of rotatable bonds is 4. The zero-order chi connectivity index (χ0) is 18.9. The minimum Gasteiger partial charge on any atom is -0.383 e. The van der Waals surface area contributed by atoms with E-state index in [0.717, 1.165) is 42.4 Å². The normalized spacial score (nSPS) is 22.8. The molecular formula is C20H26N4O3. The fourth-order valence-electron chi connectivity index (χ4n) is 4.36. The molecule has 0 unspecified atom stereocenters. The van der Waals surface area contributed by atoms with Crippen LogP contribution in [0.1, 0.15) is 19.3 Å². The quantitative estimate of drug-likeness (QED) is 0.869. The Morgan fingerprint density at radius 1 is 1.30 bits per heavy atom. The first-order valence-electron chi connectivity index (χ1n) is 9.53. The number of methoxy groups -OCH3 is 1. The molecule has 0 bridgehead atoms. The van der Waals surface area contributed by atoms with Crippen LogP contribution in [-0.2, 0) is 9.53 Å². The van der Waals surface area contributed by atoms with Gasteiger partial charge in [-0.3, -0.25) is 4.79 Å². The molecule has 2 aliphatic heterocycles. The number of likely N-dealkylation sites (tertiary alicyclic amines) is 2. The van der Waals surface area contributed by atoms with Crippen molar-refractivity contribution in [1.82, 2.24) is 14.8 Å². The summed E-state index contributed by atoms with van der Waals surface area (Å²) in [6.07, 6.45) is 4.38. The summed E-state index contributed by atoms with van der Waals surface area (Å²) in [5, 5.41) is 3.99. The molecule has 1 atom stereocenters. The number of ether oxygens (including phenoxy) is 1. The number of piperidine rings is 1. The molecule has 2 aromatic rings. The van der Waals surface area contributed by atoms with Gasteiger partial charge in [0.15, 0.2) is 0 Å². The Morgan fingerprint density at radius 2 is 2.15 bits per heavy atom. The number of nitrogens with zero attached hydrogens (tertiary/aromatic N) is 2. The molecule has 7 heteroatoms. The number of hydrogen-bond donors (Lipinski definition) is 2. The fourth-order valence-corrected chi connectivity index (χ4v) is 4.36. The van der Waals surface area contributed by atoms with E-state index in [1.54, 1.807) is 12.0 Å². The molecular weight excluding hydrogens is 344 g/mol. The van der Waals surface area contributed by atoms with Crippen LogP contribution in [0.2, 0.25) is 0 Å². The zero-order valence-electron chi connectivity index (χ0n) is 15.7. The Labute approximate surface area is 158 Å². The Bertz CT molecular complexity index is 849. The first kappa shape index (κ1) is 17.9. The number of H-pyrrole nitrogens is 1. The predicted molar refractivity (Wildman–Crippen MR) is 104 cm³/mol. The van der Waals surface area contributed by atoms with Gasteiger partial charge in [-0.2, -0.15) is 0 Å². The molecule has 0 saturated carbocycles. The van der Waals surface area contributed by atoms with E-state index in [4.69, 9.17) is 4.74 Å². The summed E-state index contributed by atoms with van der Waals surface area (Å²) in [5.74, 6) is 0.174. The molecule has 2 N–H and O–H groups in total. The molecule has 2 aliphatic rings. The van der Waals surface area contributed by atoms with Gasteiger partial charge in [-0.1, -0.05) is 18.2 Å². The van der Waals surface area contributed by atoms with E-state index < -0.39 is 5.41 Å². The molecule has 27 heavy (non-hydrogen) atoms. The molecule has 144 valence electrons. The summed E-state index contributed by atoms with van der Waals surface area (Å²) in [6.45, 7) is 3.05. The summed E-state index contributed by atoms with van der Waals surface area (Å²) in [6, 6.07) is 7.72. The average Bonchev–Trinajstić information content (AvgIpc) is 3.29. The van der Waals surface area contributed by atoms with Crippen LogP contribution < -0.4 is 5.32 Å². The van der Waals surface area contributed by atoms with Crippen LogP contribution in [-0.4, -0.2) is 66.6 Å². The van der Waals surface area contributed by atoms with Crippen molar-refractivity contribution in [2.45, 2.75) is 19.3 Å². The van der Waals surface area contributed by atoms with Gasteiger partial charge in [0, 0.05) is 50.4 Å². The maximum atomic E-state index is 13.0. The smallest absolute Gasteiger partial charge is 0.321 e. The third-order valence-electron chi connectivity index (χ3n) is 5.86. The van der Waals surface area contributed by atoms with Crippen LogP contribution in [0.25, 0.3) is 10.9 Å². The number of hydrogen-bond acceptors (Lipinski definition) is 3. The van der Waals surface area contributed by atoms with E-state index >= 15 is 0 Å². The van der Waals surface area contributed by atoms with E-state index in [1.165, 1.54) is 0 Å². The largest absolute Gasteiger partial charge is 0.383 e. The second-order valence-electron chi connectivity index (χ2n) is 7.52. The second kappa shape index (κ2) is 7.23. The van der Waals surface area contributed by atoms with Gasteiger partial charge >= 0.3 is 6.03 Å². The average molecular weight is 370 g/mol. The maximum absolute atomic E-state index is 13.0. The molecule has 4 rings (SSSR count). The number of fused-ring (bicyclic) bond motifs is 1. The highest BCUT2D eigenvalue weighted by molar-refractivity contribution is 6.01. The van der Waals surface area contributed by atoms with Crippen molar-refractivity contribution in [2.24, 2.45) is 5.41 Å². The summed E-state index contributed by atoms with van der Waals surface area (Å²) in [5.41, 5.74) is 1.33. The van der Waals surface area contributed by atoms with Crippen molar-refractivity contribution in [2.75, 3.05) is 45.2 Å². The van der Waals surface area contributed by atoms with Crippen molar-refractivity contribution >= 4 is 28.5 Å². The number of carbonyl (C=O) groups is 2. The van der Waals surface area contributed by atoms with Gasteiger partial charge in [0.25, 0.3) is 0 Å². The minimum atomic E-state index is -0.427. The predicted octanol–water partition coefficient (Wildman–Crippen LogP) is 2.66. The second-order valence-corrected chi connectivity index (χ2v) is 7.52. The number of benzene rings is 1. The monoisotopic (exact) mass is 370 g/mol. The molecule has 7 nitrogen and oxygen atoms in total. The van der Waals surface area contributed by atoms with Crippen LogP contribution >= 0.6 is 0 Å². The highest BCUT2D eigenvalue weighted by atomic mass is 16.5. The molecule has 3 amide bonds. The van der Waals surface area contributed by atoms with Gasteiger partial charge in [0.05, 0.1) is 17.7 Å². The van der Waals surface area contributed by atoms with Gasteiger partial charge in [-0.15, -0.1) is 0 Å². The van der Waals surface area contributed by atoms with Crippen LogP contribution in [0.5, 0.6) is 0 Å². The minimum absolute atomic E-state index is 0.140. The Kier molecular flexibility index (Phi) is 4.78. The Hall–Kier alpha value is -2.54. The highest BCUT2D eigenvalue weighted by Gasteiger charge is 2.49. The number of aromatic amines is 1. The lowest BCUT2D eigenvalue weighted by molar-refractivity contribution is -0.146. The van der Waals surface area contributed by atoms with Crippen LogP contribution in [0.15, 0.2) is 30.5 Å². The van der Waals surface area contributed by atoms with Gasteiger partial charge in [-0.25, -0.2) is 4.79 Å². The number of urea groups is 1. The number of para-hydroxylation sites is 1. The van der Waals surface area contributed by atoms with Gasteiger partial charge in [0.1, 0.15) is 0 Å². The lowest BCUT2D eigenvalue weighted by atomic mass is 9.78.